The van der Waals surface area contributed by atoms with Crippen molar-refractivity contribution < 1.29 is 28.6 Å². The fraction of sp³-hybridized carbons (Fsp3) is 0.819. The van der Waals surface area contributed by atoms with Crippen LogP contribution in [0.15, 0.2) is 60.8 Å². The molecule has 454 valence electrons. The Morgan fingerprint density at radius 2 is 0.500 bits per heavy atom. The van der Waals surface area contributed by atoms with Gasteiger partial charge in [-0.1, -0.05) is 338 Å². The molecule has 1 atom stereocenters. The van der Waals surface area contributed by atoms with Crippen LogP contribution >= 0.6 is 0 Å². The lowest BCUT2D eigenvalue weighted by atomic mass is 10.0. The fourth-order valence-corrected chi connectivity index (χ4v) is 10.2. The minimum atomic E-state index is -0.767. The monoisotopic (exact) mass is 1090 g/mol. The molecule has 6 heteroatoms. The zero-order valence-electron chi connectivity index (χ0n) is 52.2. The molecule has 0 aromatic rings. The maximum atomic E-state index is 12.9. The number of rotatable bonds is 63. The van der Waals surface area contributed by atoms with Crippen LogP contribution in [0.25, 0.3) is 0 Å². The largest absolute Gasteiger partial charge is 0.462 e. The third kappa shape index (κ3) is 63.9. The normalized spacial score (nSPS) is 12.4. The molecule has 0 aliphatic heterocycles. The van der Waals surface area contributed by atoms with Gasteiger partial charge in [-0.05, 0) is 64.2 Å². The van der Waals surface area contributed by atoms with E-state index in [1.165, 1.54) is 231 Å². The van der Waals surface area contributed by atoms with E-state index in [9.17, 15) is 14.4 Å². The summed E-state index contributed by atoms with van der Waals surface area (Å²) in [5, 5.41) is 0. The van der Waals surface area contributed by atoms with Crippen molar-refractivity contribution in [2.45, 2.75) is 367 Å². The molecule has 0 spiro atoms. The number of allylic oxidation sites excluding steroid dienone is 10. The van der Waals surface area contributed by atoms with Gasteiger partial charge in [0.1, 0.15) is 13.2 Å². The van der Waals surface area contributed by atoms with Gasteiger partial charge in [0, 0.05) is 19.3 Å². The molecule has 0 aromatic carbocycles. The zero-order valence-corrected chi connectivity index (χ0v) is 52.2. The smallest absolute Gasteiger partial charge is 0.306 e. The molecular formula is C72H130O6. The second kappa shape index (κ2) is 66.6. The van der Waals surface area contributed by atoms with Crippen LogP contribution in [0.3, 0.4) is 0 Å². The van der Waals surface area contributed by atoms with E-state index in [4.69, 9.17) is 14.2 Å². The van der Waals surface area contributed by atoms with E-state index >= 15 is 0 Å². The summed E-state index contributed by atoms with van der Waals surface area (Å²) >= 11 is 0. The Balaban J connectivity index is 4.02. The highest BCUT2D eigenvalue weighted by Gasteiger charge is 2.19. The van der Waals surface area contributed by atoms with Crippen molar-refractivity contribution in [1.29, 1.82) is 0 Å². The molecule has 6 nitrogen and oxygen atoms in total. The summed E-state index contributed by atoms with van der Waals surface area (Å²) in [6.45, 7) is 6.57. The number of hydrogen-bond donors (Lipinski definition) is 0. The quantitative estimate of drug-likeness (QED) is 0.0261. The standard InChI is InChI=1S/C72H130O6/c1-4-7-10-13-16-19-22-24-26-27-28-29-30-31-32-33-34-35-36-37-38-39-40-41-42-43-44-45-47-48-50-53-56-59-62-65-71(74)77-68-69(67-76-70(73)64-61-58-55-52-21-18-15-12-9-6-3)78-72(75)66-63-60-57-54-51-49-46-25-23-20-17-14-11-8-5-2/h7,10,16,19,24,26,28-29,31-32,69H,4-6,8-9,11-15,17-18,20-23,25,27,30,33-68H2,1-3H3/b10-7-,19-16-,26-24-,29-28-,32-31-. The van der Waals surface area contributed by atoms with Crippen LogP contribution in [0.2, 0.25) is 0 Å². The van der Waals surface area contributed by atoms with Gasteiger partial charge in [-0.25, -0.2) is 0 Å². The Labute approximate surface area is 485 Å². The first kappa shape index (κ1) is 75.1. The van der Waals surface area contributed by atoms with Gasteiger partial charge in [-0.2, -0.15) is 0 Å². The van der Waals surface area contributed by atoms with E-state index in [2.05, 4.69) is 81.5 Å². The van der Waals surface area contributed by atoms with E-state index in [0.29, 0.717) is 19.3 Å². The molecule has 1 unspecified atom stereocenters. The molecular weight excluding hydrogens is 961 g/mol. The molecule has 0 N–H and O–H groups in total. The molecule has 0 aliphatic rings. The van der Waals surface area contributed by atoms with Crippen LogP contribution in [0.1, 0.15) is 361 Å². The zero-order chi connectivity index (χ0) is 56.4. The van der Waals surface area contributed by atoms with Crippen LogP contribution < -0.4 is 0 Å². The van der Waals surface area contributed by atoms with Gasteiger partial charge in [-0.15, -0.1) is 0 Å². The molecule has 0 bridgehead atoms. The average Bonchev–Trinajstić information content (AvgIpc) is 3.44. The van der Waals surface area contributed by atoms with Gasteiger partial charge in [0.2, 0.25) is 0 Å². The summed E-state index contributed by atoms with van der Waals surface area (Å²) < 4.78 is 16.9. The molecule has 0 saturated heterocycles. The first-order chi connectivity index (χ1) is 38.5. The van der Waals surface area contributed by atoms with E-state index in [0.717, 1.165) is 89.9 Å². The third-order valence-electron chi connectivity index (χ3n) is 15.3. The van der Waals surface area contributed by atoms with Gasteiger partial charge in [-0.3, -0.25) is 14.4 Å². The topological polar surface area (TPSA) is 78.9 Å². The van der Waals surface area contributed by atoms with E-state index < -0.39 is 6.10 Å². The van der Waals surface area contributed by atoms with Gasteiger partial charge < -0.3 is 14.2 Å². The maximum absolute atomic E-state index is 12.9. The lowest BCUT2D eigenvalue weighted by Crippen LogP contribution is -2.30. The summed E-state index contributed by atoms with van der Waals surface area (Å²) in [5.41, 5.74) is 0. The molecule has 0 radical (unpaired) electrons. The molecule has 0 amide bonds. The van der Waals surface area contributed by atoms with Crippen molar-refractivity contribution in [3.05, 3.63) is 60.8 Å². The van der Waals surface area contributed by atoms with Crippen molar-refractivity contribution in [3.63, 3.8) is 0 Å². The Bertz CT molecular complexity index is 1390. The Morgan fingerprint density at radius 1 is 0.269 bits per heavy atom. The minimum absolute atomic E-state index is 0.0660. The summed E-state index contributed by atoms with van der Waals surface area (Å²) in [7, 11) is 0. The van der Waals surface area contributed by atoms with Crippen LogP contribution in [0, 0.1) is 0 Å². The summed E-state index contributed by atoms with van der Waals surface area (Å²) in [6.07, 6.45) is 85.5. The van der Waals surface area contributed by atoms with Crippen molar-refractivity contribution >= 4 is 17.9 Å². The summed E-state index contributed by atoms with van der Waals surface area (Å²) in [6, 6.07) is 0. The molecule has 0 rings (SSSR count). The number of carbonyl (C=O) groups excluding carboxylic acids is 3. The van der Waals surface area contributed by atoms with E-state index in [-0.39, 0.29) is 31.1 Å². The molecule has 0 heterocycles. The number of ether oxygens (including phenoxy) is 3. The SMILES string of the molecule is CC/C=C\C/C=C\C/C=C\C/C=C\C/C=C\CCCCCCCCCCCCCCCCCCCCCC(=O)OCC(COC(=O)CCCCCCCCCCCC)OC(=O)CCCCCCCCCCCCCCCCC. The van der Waals surface area contributed by atoms with Crippen LogP contribution in [0.5, 0.6) is 0 Å². The number of hydrogen-bond acceptors (Lipinski definition) is 6. The molecule has 0 saturated carbocycles. The van der Waals surface area contributed by atoms with Crippen LogP contribution in [0.4, 0.5) is 0 Å². The number of carbonyl (C=O) groups is 3. The predicted octanol–water partition coefficient (Wildman–Crippen LogP) is 23.5. The highest BCUT2D eigenvalue weighted by molar-refractivity contribution is 5.71. The summed E-state index contributed by atoms with van der Waals surface area (Å²) in [4.78, 5) is 38.2. The average molecular weight is 1090 g/mol. The third-order valence-corrected chi connectivity index (χ3v) is 15.3. The van der Waals surface area contributed by atoms with Crippen molar-refractivity contribution in [2.24, 2.45) is 0 Å². The fourth-order valence-electron chi connectivity index (χ4n) is 10.2. The highest BCUT2D eigenvalue weighted by Crippen LogP contribution is 2.18. The molecule has 0 aromatic heterocycles. The highest BCUT2D eigenvalue weighted by atomic mass is 16.6. The second-order valence-electron chi connectivity index (χ2n) is 23.1. The van der Waals surface area contributed by atoms with Crippen molar-refractivity contribution in [1.82, 2.24) is 0 Å². The van der Waals surface area contributed by atoms with Crippen LogP contribution in [-0.4, -0.2) is 37.2 Å². The Kier molecular flexibility index (Phi) is 64.2. The number of unbranched alkanes of at least 4 members (excludes halogenated alkanes) is 42. The lowest BCUT2D eigenvalue weighted by molar-refractivity contribution is -0.167. The summed E-state index contributed by atoms with van der Waals surface area (Å²) in [5.74, 6) is -0.843. The predicted molar refractivity (Wildman–Crippen MR) is 339 cm³/mol. The lowest BCUT2D eigenvalue weighted by Gasteiger charge is -2.18. The van der Waals surface area contributed by atoms with E-state index in [1.54, 1.807) is 0 Å². The Morgan fingerprint density at radius 3 is 0.782 bits per heavy atom. The second-order valence-corrected chi connectivity index (χ2v) is 23.1. The van der Waals surface area contributed by atoms with E-state index in [1.807, 2.05) is 0 Å². The van der Waals surface area contributed by atoms with Gasteiger partial charge in [0.05, 0.1) is 0 Å². The van der Waals surface area contributed by atoms with Crippen molar-refractivity contribution in [3.8, 4) is 0 Å². The Hall–Kier alpha value is -2.89. The van der Waals surface area contributed by atoms with Crippen LogP contribution in [-0.2, 0) is 28.6 Å². The molecule has 0 aliphatic carbocycles. The first-order valence-electron chi connectivity index (χ1n) is 34.3. The van der Waals surface area contributed by atoms with Gasteiger partial charge in [0.25, 0.3) is 0 Å². The number of esters is 3. The van der Waals surface area contributed by atoms with Gasteiger partial charge in [0.15, 0.2) is 6.10 Å². The first-order valence-corrected chi connectivity index (χ1v) is 34.3. The van der Waals surface area contributed by atoms with Crippen molar-refractivity contribution in [2.75, 3.05) is 13.2 Å². The molecule has 0 fully saturated rings. The molecule has 78 heavy (non-hydrogen) atoms. The maximum Gasteiger partial charge on any atom is 0.306 e. The minimum Gasteiger partial charge on any atom is -0.462 e. The van der Waals surface area contributed by atoms with Gasteiger partial charge >= 0.3 is 17.9 Å².